The zero-order valence-electron chi connectivity index (χ0n) is 10.6. The van der Waals surface area contributed by atoms with Crippen molar-refractivity contribution in [3.05, 3.63) is 12.7 Å². The second-order valence-corrected chi connectivity index (χ2v) is 4.82. The molecule has 1 unspecified atom stereocenters. The Kier molecular flexibility index (Phi) is 7.01. The monoisotopic (exact) mass is 228 g/mol. The minimum absolute atomic E-state index is 0.125. The van der Waals surface area contributed by atoms with Crippen molar-refractivity contribution in [3.8, 4) is 0 Å². The molecule has 0 saturated carbocycles. The summed E-state index contributed by atoms with van der Waals surface area (Å²) in [6.45, 7) is 11.1. The van der Waals surface area contributed by atoms with E-state index in [1.165, 1.54) is 0 Å². The molecule has 94 valence electrons. The van der Waals surface area contributed by atoms with E-state index in [0.717, 1.165) is 6.42 Å². The predicted octanol–water partition coefficient (Wildman–Crippen LogP) is 1.07. The molecule has 0 aliphatic rings. The second kappa shape index (κ2) is 7.41. The molecule has 0 aliphatic carbocycles. The Morgan fingerprint density at radius 3 is 2.62 bits per heavy atom. The number of hydrogen-bond acceptors (Lipinski definition) is 3. The van der Waals surface area contributed by atoms with Crippen molar-refractivity contribution in [2.75, 3.05) is 19.8 Å². The Bertz CT molecular complexity index is 222. The fourth-order valence-corrected chi connectivity index (χ4v) is 1.02. The summed E-state index contributed by atoms with van der Waals surface area (Å²) in [5.74, 6) is -0.125. The van der Waals surface area contributed by atoms with Crippen LogP contribution in [0.4, 0.5) is 0 Å². The molecule has 3 N–H and O–H groups in total. The van der Waals surface area contributed by atoms with Crippen molar-refractivity contribution in [1.82, 2.24) is 5.32 Å². The summed E-state index contributed by atoms with van der Waals surface area (Å²) in [6, 6.07) is -0.485. The highest BCUT2D eigenvalue weighted by Gasteiger charge is 2.26. The van der Waals surface area contributed by atoms with Gasteiger partial charge >= 0.3 is 0 Å². The molecule has 0 saturated heterocycles. The van der Waals surface area contributed by atoms with Crippen molar-refractivity contribution < 1.29 is 9.53 Å². The maximum absolute atomic E-state index is 11.6. The molecular weight excluding hydrogens is 204 g/mol. The molecule has 0 aliphatic heterocycles. The molecule has 1 atom stereocenters. The Morgan fingerprint density at radius 1 is 1.50 bits per heavy atom. The summed E-state index contributed by atoms with van der Waals surface area (Å²) in [5, 5.41) is 2.75. The molecular formula is C12H24N2O2. The van der Waals surface area contributed by atoms with E-state index in [2.05, 4.69) is 11.9 Å². The van der Waals surface area contributed by atoms with Gasteiger partial charge in [0.05, 0.1) is 19.3 Å². The number of nitrogens with two attached hydrogens (primary N) is 1. The third-order valence-electron chi connectivity index (χ3n) is 2.23. The molecule has 4 nitrogen and oxygen atoms in total. The van der Waals surface area contributed by atoms with Gasteiger partial charge in [-0.1, -0.05) is 26.8 Å². The minimum atomic E-state index is -0.485. The lowest BCUT2D eigenvalue weighted by atomic mass is 9.87. The average molecular weight is 228 g/mol. The van der Waals surface area contributed by atoms with Gasteiger partial charge in [0.2, 0.25) is 5.91 Å². The first-order valence-electron chi connectivity index (χ1n) is 5.61. The molecule has 0 heterocycles. The van der Waals surface area contributed by atoms with Gasteiger partial charge < -0.3 is 15.8 Å². The Morgan fingerprint density at radius 2 is 2.12 bits per heavy atom. The molecule has 4 heteroatoms. The van der Waals surface area contributed by atoms with E-state index in [1.54, 1.807) is 6.08 Å². The van der Waals surface area contributed by atoms with Crippen LogP contribution in [-0.4, -0.2) is 31.7 Å². The number of amides is 1. The summed E-state index contributed by atoms with van der Waals surface area (Å²) in [5.41, 5.74) is 5.58. The number of hydrogen-bond donors (Lipinski definition) is 2. The van der Waals surface area contributed by atoms with E-state index in [0.29, 0.717) is 19.8 Å². The van der Waals surface area contributed by atoms with Crippen LogP contribution in [0.2, 0.25) is 0 Å². The van der Waals surface area contributed by atoms with E-state index < -0.39 is 6.04 Å². The maximum atomic E-state index is 11.6. The SMILES string of the molecule is C=CCCOCCNC(=O)C(N)C(C)(C)C. The average Bonchev–Trinajstić information content (AvgIpc) is 2.20. The summed E-state index contributed by atoms with van der Waals surface area (Å²) < 4.78 is 5.26. The van der Waals surface area contributed by atoms with Gasteiger partial charge in [0.1, 0.15) is 0 Å². The first-order chi connectivity index (χ1) is 7.39. The summed E-state index contributed by atoms with van der Waals surface area (Å²) in [4.78, 5) is 11.6. The fraction of sp³-hybridized carbons (Fsp3) is 0.750. The zero-order valence-corrected chi connectivity index (χ0v) is 10.6. The van der Waals surface area contributed by atoms with Gasteiger partial charge in [-0.2, -0.15) is 0 Å². The third-order valence-corrected chi connectivity index (χ3v) is 2.23. The van der Waals surface area contributed by atoms with Gasteiger partial charge in [0.15, 0.2) is 0 Å². The van der Waals surface area contributed by atoms with Gasteiger partial charge in [0, 0.05) is 6.54 Å². The van der Waals surface area contributed by atoms with Gasteiger partial charge in [-0.05, 0) is 11.8 Å². The molecule has 0 aromatic carbocycles. The number of carbonyl (C=O) groups is 1. The molecule has 1 amide bonds. The molecule has 0 aromatic heterocycles. The van der Waals surface area contributed by atoms with Crippen LogP contribution in [0, 0.1) is 5.41 Å². The van der Waals surface area contributed by atoms with E-state index >= 15 is 0 Å². The minimum Gasteiger partial charge on any atom is -0.379 e. The lowest BCUT2D eigenvalue weighted by Crippen LogP contribution is -2.49. The molecule has 0 aromatic rings. The van der Waals surface area contributed by atoms with E-state index in [1.807, 2.05) is 20.8 Å². The van der Waals surface area contributed by atoms with E-state index in [9.17, 15) is 4.79 Å². The zero-order chi connectivity index (χ0) is 12.6. The highest BCUT2D eigenvalue weighted by Crippen LogP contribution is 2.16. The first-order valence-corrected chi connectivity index (χ1v) is 5.61. The quantitative estimate of drug-likeness (QED) is 0.506. The van der Waals surface area contributed by atoms with Crippen LogP contribution >= 0.6 is 0 Å². The highest BCUT2D eigenvalue weighted by molar-refractivity contribution is 5.82. The van der Waals surface area contributed by atoms with E-state index in [4.69, 9.17) is 10.5 Å². The molecule has 0 spiro atoms. The van der Waals surface area contributed by atoms with Crippen molar-refractivity contribution in [2.24, 2.45) is 11.1 Å². The van der Waals surface area contributed by atoms with E-state index in [-0.39, 0.29) is 11.3 Å². The lowest BCUT2D eigenvalue weighted by Gasteiger charge is -2.25. The van der Waals surface area contributed by atoms with Crippen LogP contribution in [0.5, 0.6) is 0 Å². The Labute approximate surface area is 98.2 Å². The smallest absolute Gasteiger partial charge is 0.237 e. The number of nitrogens with one attached hydrogen (secondary N) is 1. The van der Waals surface area contributed by atoms with Crippen LogP contribution in [0.25, 0.3) is 0 Å². The summed E-state index contributed by atoms with van der Waals surface area (Å²) in [6.07, 6.45) is 2.63. The lowest BCUT2D eigenvalue weighted by molar-refractivity contribution is -0.124. The number of rotatable bonds is 7. The van der Waals surface area contributed by atoms with Gasteiger partial charge in [0.25, 0.3) is 0 Å². The van der Waals surface area contributed by atoms with Gasteiger partial charge in [-0.15, -0.1) is 6.58 Å². The van der Waals surface area contributed by atoms with Crippen molar-refractivity contribution in [1.29, 1.82) is 0 Å². The normalized spacial score (nSPS) is 13.2. The topological polar surface area (TPSA) is 64.3 Å². The molecule has 16 heavy (non-hydrogen) atoms. The summed E-state index contributed by atoms with van der Waals surface area (Å²) in [7, 11) is 0. The van der Waals surface area contributed by atoms with Gasteiger partial charge in [-0.25, -0.2) is 0 Å². The third kappa shape index (κ3) is 6.58. The molecule has 0 bridgehead atoms. The Hall–Kier alpha value is -0.870. The molecule has 0 radical (unpaired) electrons. The number of ether oxygens (including phenoxy) is 1. The number of carbonyl (C=O) groups excluding carboxylic acids is 1. The maximum Gasteiger partial charge on any atom is 0.237 e. The predicted molar refractivity (Wildman–Crippen MR) is 66.1 cm³/mol. The summed E-state index contributed by atoms with van der Waals surface area (Å²) >= 11 is 0. The molecule has 0 rings (SSSR count). The molecule has 0 fully saturated rings. The van der Waals surface area contributed by atoms with Crippen LogP contribution in [0.3, 0.4) is 0 Å². The Balaban J connectivity index is 3.62. The highest BCUT2D eigenvalue weighted by atomic mass is 16.5. The van der Waals surface area contributed by atoms with Crippen LogP contribution < -0.4 is 11.1 Å². The van der Waals surface area contributed by atoms with Crippen LogP contribution in [0.15, 0.2) is 12.7 Å². The van der Waals surface area contributed by atoms with Crippen LogP contribution in [0.1, 0.15) is 27.2 Å². The fourth-order valence-electron chi connectivity index (χ4n) is 1.02. The van der Waals surface area contributed by atoms with Crippen molar-refractivity contribution in [2.45, 2.75) is 33.2 Å². The standard InChI is InChI=1S/C12H24N2O2/c1-5-6-8-16-9-7-14-11(15)10(13)12(2,3)4/h5,10H,1,6-9,13H2,2-4H3,(H,14,15). The van der Waals surface area contributed by atoms with Gasteiger partial charge in [-0.3, -0.25) is 4.79 Å². The van der Waals surface area contributed by atoms with Crippen molar-refractivity contribution in [3.63, 3.8) is 0 Å². The second-order valence-electron chi connectivity index (χ2n) is 4.82. The van der Waals surface area contributed by atoms with Crippen LogP contribution in [-0.2, 0) is 9.53 Å². The largest absolute Gasteiger partial charge is 0.379 e. The van der Waals surface area contributed by atoms with Crippen molar-refractivity contribution >= 4 is 5.91 Å². The first kappa shape index (κ1) is 15.1.